The van der Waals surface area contributed by atoms with Gasteiger partial charge in [0.2, 0.25) is 0 Å². The second kappa shape index (κ2) is 8.75. The number of rotatable bonds is 7. The molecule has 1 aliphatic rings. The number of halogens is 3. The number of hydrogen-bond donors (Lipinski definition) is 1. The molecule has 0 amide bonds. The Kier molecular flexibility index (Phi) is 6.36. The van der Waals surface area contributed by atoms with Gasteiger partial charge in [0, 0.05) is 25.2 Å². The molecule has 0 aromatic heterocycles. The van der Waals surface area contributed by atoms with Gasteiger partial charge in [0.05, 0.1) is 7.11 Å². The fourth-order valence-corrected chi connectivity index (χ4v) is 3.60. The van der Waals surface area contributed by atoms with E-state index in [4.69, 9.17) is 4.74 Å². The van der Waals surface area contributed by atoms with Gasteiger partial charge >= 0.3 is 12.1 Å². The zero-order chi connectivity index (χ0) is 20.1. The third-order valence-corrected chi connectivity index (χ3v) is 5.14. The molecule has 7 heteroatoms. The number of methoxy groups -OCH3 is 1. The molecule has 0 saturated carbocycles. The lowest BCUT2D eigenvalue weighted by molar-refractivity contribution is -0.201. The van der Waals surface area contributed by atoms with Gasteiger partial charge < -0.3 is 10.1 Å². The second-order valence-electron chi connectivity index (χ2n) is 6.89. The van der Waals surface area contributed by atoms with Crippen molar-refractivity contribution in [3.05, 3.63) is 65.7 Å². The van der Waals surface area contributed by atoms with E-state index in [2.05, 4.69) is 5.32 Å². The standard InChI is InChI=1S/C21H23F3N2O2/c1-28-18-9-7-15(8-10-18)14-25-17-11-12-26(21(23,24)20(22)27)19(13-17)16-5-3-2-4-6-16/h2-10,17,19,25H,11-14H2,1H3/t17?,19-/m0/s1. The summed E-state index contributed by atoms with van der Waals surface area (Å²) < 4.78 is 46.5. The SMILES string of the molecule is COc1ccc(CNC2CCN(C(F)(F)C(=O)F)[C@H](c3ccccc3)C2)cc1. The summed E-state index contributed by atoms with van der Waals surface area (Å²) in [7, 11) is 1.60. The number of nitrogens with one attached hydrogen (secondary N) is 1. The minimum absolute atomic E-state index is 0.0333. The Morgan fingerprint density at radius 2 is 1.86 bits per heavy atom. The first-order chi connectivity index (χ1) is 13.4. The number of alkyl halides is 2. The number of carbonyl (C=O) groups excluding carboxylic acids is 1. The Labute approximate surface area is 162 Å². The van der Waals surface area contributed by atoms with Crippen LogP contribution in [0, 0.1) is 0 Å². The third kappa shape index (κ3) is 4.54. The van der Waals surface area contributed by atoms with Crippen LogP contribution in [-0.2, 0) is 11.3 Å². The molecule has 1 unspecified atom stereocenters. The predicted molar refractivity (Wildman–Crippen MR) is 99.8 cm³/mol. The van der Waals surface area contributed by atoms with Crippen molar-refractivity contribution >= 4 is 6.04 Å². The highest BCUT2D eigenvalue weighted by Crippen LogP contribution is 2.38. The highest BCUT2D eigenvalue weighted by atomic mass is 19.3. The van der Waals surface area contributed by atoms with E-state index >= 15 is 0 Å². The van der Waals surface area contributed by atoms with Crippen molar-refractivity contribution in [1.82, 2.24) is 10.2 Å². The summed E-state index contributed by atoms with van der Waals surface area (Å²) in [4.78, 5) is 11.6. The Bertz CT molecular complexity index is 784. The molecule has 4 nitrogen and oxygen atoms in total. The molecule has 0 bridgehead atoms. The van der Waals surface area contributed by atoms with Crippen LogP contribution in [0.25, 0.3) is 0 Å². The van der Waals surface area contributed by atoms with Crippen LogP contribution < -0.4 is 10.1 Å². The van der Waals surface area contributed by atoms with Gasteiger partial charge in [-0.2, -0.15) is 13.2 Å². The van der Waals surface area contributed by atoms with Crippen LogP contribution >= 0.6 is 0 Å². The van der Waals surface area contributed by atoms with Crippen LogP contribution in [0.3, 0.4) is 0 Å². The summed E-state index contributed by atoms with van der Waals surface area (Å²) in [5.41, 5.74) is 1.68. The Balaban J connectivity index is 1.72. The fourth-order valence-electron chi connectivity index (χ4n) is 3.60. The quantitative estimate of drug-likeness (QED) is 0.570. The fraction of sp³-hybridized carbons (Fsp3) is 0.381. The maximum absolute atomic E-state index is 14.2. The highest BCUT2D eigenvalue weighted by molar-refractivity contribution is 5.75. The molecule has 0 radical (unpaired) electrons. The number of benzene rings is 2. The lowest BCUT2D eigenvalue weighted by Gasteiger charge is -2.42. The maximum Gasteiger partial charge on any atom is 0.395 e. The number of likely N-dealkylation sites (tertiary alicyclic amines) is 1. The molecular weight excluding hydrogens is 369 g/mol. The van der Waals surface area contributed by atoms with Gasteiger partial charge in [-0.1, -0.05) is 42.5 Å². The first-order valence-corrected chi connectivity index (χ1v) is 9.17. The van der Waals surface area contributed by atoms with E-state index in [0.29, 0.717) is 29.8 Å². The van der Waals surface area contributed by atoms with E-state index in [1.54, 1.807) is 37.4 Å². The van der Waals surface area contributed by atoms with Crippen molar-refractivity contribution in [3.8, 4) is 5.75 Å². The van der Waals surface area contributed by atoms with Crippen LogP contribution in [0.15, 0.2) is 54.6 Å². The number of piperidine rings is 1. The molecule has 1 saturated heterocycles. The summed E-state index contributed by atoms with van der Waals surface area (Å²) in [6.45, 7) is 0.497. The highest BCUT2D eigenvalue weighted by Gasteiger charge is 2.51. The smallest absolute Gasteiger partial charge is 0.395 e. The molecule has 0 spiro atoms. The van der Waals surface area contributed by atoms with Crippen LogP contribution in [0.1, 0.15) is 30.0 Å². The van der Waals surface area contributed by atoms with Gasteiger partial charge in [-0.05, 0) is 36.1 Å². The van der Waals surface area contributed by atoms with Gasteiger partial charge in [-0.3, -0.25) is 4.79 Å². The lowest BCUT2D eigenvalue weighted by Crippen LogP contribution is -2.54. The van der Waals surface area contributed by atoms with Crippen LogP contribution in [0.5, 0.6) is 5.75 Å². The van der Waals surface area contributed by atoms with Gasteiger partial charge in [0.25, 0.3) is 0 Å². The molecule has 2 aromatic carbocycles. The number of ether oxygens (including phenoxy) is 1. The van der Waals surface area contributed by atoms with Crippen molar-refractivity contribution < 1.29 is 22.7 Å². The predicted octanol–water partition coefficient (Wildman–Crippen LogP) is 4.08. The molecule has 2 aromatic rings. The summed E-state index contributed by atoms with van der Waals surface area (Å²) in [5, 5.41) is 3.39. The van der Waals surface area contributed by atoms with Crippen molar-refractivity contribution in [3.63, 3.8) is 0 Å². The molecule has 28 heavy (non-hydrogen) atoms. The van der Waals surface area contributed by atoms with Gasteiger partial charge in [0.15, 0.2) is 0 Å². The number of hydrogen-bond acceptors (Lipinski definition) is 4. The molecule has 0 aliphatic carbocycles. The molecule has 1 aliphatic heterocycles. The molecule has 1 fully saturated rings. The Morgan fingerprint density at radius 1 is 1.18 bits per heavy atom. The summed E-state index contributed by atoms with van der Waals surface area (Å²) in [6, 6.07) is 8.80. The van der Waals surface area contributed by atoms with Crippen LogP contribution in [0.2, 0.25) is 0 Å². The van der Waals surface area contributed by atoms with Crippen molar-refractivity contribution in [1.29, 1.82) is 0 Å². The zero-order valence-electron chi connectivity index (χ0n) is 15.6. The normalized spacial score (nSPS) is 20.7. The van der Waals surface area contributed by atoms with E-state index in [9.17, 15) is 18.0 Å². The van der Waals surface area contributed by atoms with E-state index in [1.807, 2.05) is 24.3 Å². The molecule has 150 valence electrons. The lowest BCUT2D eigenvalue weighted by atomic mass is 9.91. The summed E-state index contributed by atoms with van der Waals surface area (Å²) in [5.74, 6) is 0.763. The van der Waals surface area contributed by atoms with Crippen molar-refractivity contribution in [2.75, 3.05) is 13.7 Å². The molecule has 3 rings (SSSR count). The maximum atomic E-state index is 14.2. The van der Waals surface area contributed by atoms with Gasteiger partial charge in [0.1, 0.15) is 5.75 Å². The van der Waals surface area contributed by atoms with Crippen molar-refractivity contribution in [2.24, 2.45) is 0 Å². The first-order valence-electron chi connectivity index (χ1n) is 9.17. The summed E-state index contributed by atoms with van der Waals surface area (Å²) >= 11 is 0. The van der Waals surface area contributed by atoms with E-state index in [-0.39, 0.29) is 12.6 Å². The molecular formula is C21H23F3N2O2. The Hall–Kier alpha value is -2.38. The second-order valence-corrected chi connectivity index (χ2v) is 6.89. The van der Waals surface area contributed by atoms with Crippen LogP contribution in [0.4, 0.5) is 13.2 Å². The minimum atomic E-state index is -4.12. The van der Waals surface area contributed by atoms with Gasteiger partial charge in [-0.15, -0.1) is 0 Å². The largest absolute Gasteiger partial charge is 0.497 e. The average Bonchev–Trinajstić information content (AvgIpc) is 2.73. The van der Waals surface area contributed by atoms with Gasteiger partial charge in [-0.25, -0.2) is 4.90 Å². The topological polar surface area (TPSA) is 41.6 Å². The van der Waals surface area contributed by atoms with Crippen LogP contribution in [-0.4, -0.2) is 36.7 Å². The number of carbonyl (C=O) groups is 1. The zero-order valence-corrected chi connectivity index (χ0v) is 15.6. The van der Waals surface area contributed by atoms with E-state index in [0.717, 1.165) is 11.3 Å². The monoisotopic (exact) mass is 392 g/mol. The Morgan fingerprint density at radius 3 is 2.46 bits per heavy atom. The number of nitrogens with zero attached hydrogens (tertiary/aromatic N) is 1. The first kappa shape index (κ1) is 20.4. The van der Waals surface area contributed by atoms with E-state index < -0.39 is 18.1 Å². The minimum Gasteiger partial charge on any atom is -0.497 e. The molecule has 1 heterocycles. The van der Waals surface area contributed by atoms with Crippen molar-refractivity contribution in [2.45, 2.75) is 37.5 Å². The average molecular weight is 392 g/mol. The molecule has 1 N–H and O–H groups in total. The van der Waals surface area contributed by atoms with E-state index in [1.165, 1.54) is 0 Å². The summed E-state index contributed by atoms with van der Waals surface area (Å²) in [6.07, 6.45) is 0.741. The third-order valence-electron chi connectivity index (χ3n) is 5.14. The molecule has 2 atom stereocenters.